The first-order valence-electron chi connectivity index (χ1n) is 3.41. The lowest BCUT2D eigenvalue weighted by Crippen LogP contribution is -1.88. The van der Waals surface area contributed by atoms with Crippen LogP contribution in [0.25, 0.3) is 0 Å². The average Bonchev–Trinajstić information content (AvgIpc) is 1.93. The second-order valence-electron chi connectivity index (χ2n) is 2.68. The van der Waals surface area contributed by atoms with E-state index >= 15 is 0 Å². The molecular formula is C9H13S+. The summed E-state index contributed by atoms with van der Waals surface area (Å²) in [6.07, 6.45) is 0. The highest BCUT2D eigenvalue weighted by Crippen LogP contribution is 2.15. The van der Waals surface area contributed by atoms with Crippen molar-refractivity contribution in [1.29, 1.82) is 0 Å². The van der Waals surface area contributed by atoms with E-state index in [1.54, 1.807) is 0 Å². The van der Waals surface area contributed by atoms with Crippen molar-refractivity contribution < 1.29 is 0 Å². The molecule has 0 saturated carbocycles. The quantitative estimate of drug-likeness (QED) is 0.500. The fraction of sp³-hybridized carbons (Fsp3) is 0.333. The Labute approximate surface area is 67.7 Å². The minimum atomic E-state index is 1.20. The van der Waals surface area contributed by atoms with Crippen molar-refractivity contribution in [3.05, 3.63) is 28.8 Å². The monoisotopic (exact) mass is 153 g/mol. The van der Waals surface area contributed by atoms with Gasteiger partial charge in [-0.1, -0.05) is 6.07 Å². The van der Waals surface area contributed by atoms with Crippen LogP contribution in [0.5, 0.6) is 0 Å². The molecule has 0 spiro atoms. The van der Waals surface area contributed by atoms with Crippen LogP contribution >= 0.6 is 0 Å². The van der Waals surface area contributed by atoms with E-state index in [-0.39, 0.29) is 0 Å². The van der Waals surface area contributed by atoms with Crippen LogP contribution in [0.2, 0.25) is 0 Å². The van der Waals surface area contributed by atoms with E-state index in [9.17, 15) is 0 Å². The van der Waals surface area contributed by atoms with Gasteiger partial charge in [-0.2, -0.15) is 0 Å². The number of hydrogen-bond donors (Lipinski definition) is 0. The summed E-state index contributed by atoms with van der Waals surface area (Å²) in [6.45, 7) is 6.41. The van der Waals surface area contributed by atoms with Crippen molar-refractivity contribution >= 4 is 12.6 Å². The van der Waals surface area contributed by atoms with Crippen LogP contribution in [0.3, 0.4) is 0 Å². The zero-order valence-corrected chi connectivity index (χ0v) is 7.65. The Morgan fingerprint density at radius 3 is 2.10 bits per heavy atom. The van der Waals surface area contributed by atoms with E-state index in [2.05, 4.69) is 45.5 Å². The Balaban J connectivity index is 3.34. The highest BCUT2D eigenvalue weighted by Gasteiger charge is 2.02. The maximum atomic E-state index is 3.53. The van der Waals surface area contributed by atoms with E-state index < -0.39 is 0 Å². The maximum absolute atomic E-state index is 3.53. The average molecular weight is 153 g/mol. The molecule has 0 fully saturated rings. The summed E-state index contributed by atoms with van der Waals surface area (Å²) in [7, 11) is 0. The molecule has 0 aromatic heterocycles. The lowest BCUT2D eigenvalue weighted by molar-refractivity contribution is 1.19. The topological polar surface area (TPSA) is 0 Å². The predicted octanol–water partition coefficient (Wildman–Crippen LogP) is 1.98. The Kier molecular flexibility index (Phi) is 2.05. The molecule has 1 rings (SSSR count). The molecule has 0 nitrogen and oxygen atoms in total. The summed E-state index contributed by atoms with van der Waals surface area (Å²) >= 11 is 3.53. The van der Waals surface area contributed by atoms with E-state index in [1.807, 2.05) is 0 Å². The molecular weight excluding hydrogens is 140 g/mol. The molecule has 0 radical (unpaired) electrons. The first-order chi connectivity index (χ1) is 4.63. The summed E-state index contributed by atoms with van der Waals surface area (Å²) in [4.78, 5) is 1.20. The molecule has 0 amide bonds. The Morgan fingerprint density at radius 1 is 1.00 bits per heavy atom. The van der Waals surface area contributed by atoms with E-state index in [1.165, 1.54) is 21.6 Å². The van der Waals surface area contributed by atoms with Crippen LogP contribution in [0.1, 0.15) is 16.7 Å². The third-order valence-electron chi connectivity index (χ3n) is 2.06. The number of aryl methyl sites for hydroxylation is 1. The van der Waals surface area contributed by atoms with Gasteiger partial charge in [0, 0.05) is 5.56 Å². The summed E-state index contributed by atoms with van der Waals surface area (Å²) in [5.41, 5.74) is 4.09. The standard InChI is InChI=1S/C9H12S/c1-6-4-5-9(10)8(3)7(6)2/h4-5,10H,1-3H3/p+1. The normalized spacial score (nSPS) is 10.0. The number of benzene rings is 1. The zero-order chi connectivity index (χ0) is 7.72. The molecule has 1 aromatic rings. The summed E-state index contributed by atoms with van der Waals surface area (Å²) in [5.74, 6) is 0. The lowest BCUT2D eigenvalue weighted by Gasteiger charge is -2.02. The van der Waals surface area contributed by atoms with Crippen LogP contribution in [0, 0.1) is 20.8 Å². The molecule has 0 bridgehead atoms. The fourth-order valence-corrected chi connectivity index (χ4v) is 1.23. The Morgan fingerprint density at radius 2 is 1.60 bits per heavy atom. The Hall–Kier alpha value is -0.430. The van der Waals surface area contributed by atoms with Gasteiger partial charge in [0.25, 0.3) is 0 Å². The van der Waals surface area contributed by atoms with Gasteiger partial charge in [0.1, 0.15) is 0 Å². The van der Waals surface area contributed by atoms with Crippen LogP contribution in [0.4, 0.5) is 0 Å². The molecule has 0 N–H and O–H groups in total. The molecule has 0 heterocycles. The molecule has 0 aliphatic rings. The van der Waals surface area contributed by atoms with Gasteiger partial charge in [-0.05, 0) is 50.6 Å². The van der Waals surface area contributed by atoms with Gasteiger partial charge in [0.05, 0.1) is 0 Å². The third kappa shape index (κ3) is 1.19. The SMILES string of the molecule is Cc1ccc([SH2+])c(C)c1C. The van der Waals surface area contributed by atoms with E-state index in [4.69, 9.17) is 0 Å². The highest BCUT2D eigenvalue weighted by molar-refractivity contribution is 7.58. The molecule has 0 aliphatic carbocycles. The van der Waals surface area contributed by atoms with Gasteiger partial charge in [0.15, 0.2) is 4.90 Å². The third-order valence-corrected chi connectivity index (χ3v) is 2.60. The first-order valence-corrected chi connectivity index (χ1v) is 3.91. The van der Waals surface area contributed by atoms with Crippen LogP contribution in [-0.4, -0.2) is 0 Å². The highest BCUT2D eigenvalue weighted by atomic mass is 32.1. The van der Waals surface area contributed by atoms with Crippen molar-refractivity contribution in [3.8, 4) is 0 Å². The van der Waals surface area contributed by atoms with Gasteiger partial charge in [0.2, 0.25) is 0 Å². The van der Waals surface area contributed by atoms with E-state index in [0.717, 1.165) is 0 Å². The molecule has 1 heteroatoms. The van der Waals surface area contributed by atoms with Crippen molar-refractivity contribution in [2.45, 2.75) is 25.7 Å². The molecule has 10 heavy (non-hydrogen) atoms. The molecule has 0 unspecified atom stereocenters. The van der Waals surface area contributed by atoms with Crippen LogP contribution in [-0.2, 0) is 12.6 Å². The molecule has 0 saturated heterocycles. The van der Waals surface area contributed by atoms with Crippen molar-refractivity contribution in [2.75, 3.05) is 0 Å². The molecule has 0 atom stereocenters. The van der Waals surface area contributed by atoms with E-state index in [0.29, 0.717) is 0 Å². The smallest absolute Gasteiger partial charge is 0.0541 e. The van der Waals surface area contributed by atoms with Gasteiger partial charge < -0.3 is 0 Å². The van der Waals surface area contributed by atoms with Gasteiger partial charge in [-0.3, -0.25) is 0 Å². The molecule has 54 valence electrons. The van der Waals surface area contributed by atoms with Crippen molar-refractivity contribution in [3.63, 3.8) is 0 Å². The summed E-state index contributed by atoms with van der Waals surface area (Å²) in [5, 5.41) is 0. The zero-order valence-electron chi connectivity index (χ0n) is 6.65. The van der Waals surface area contributed by atoms with Crippen molar-refractivity contribution in [2.24, 2.45) is 0 Å². The number of hydrogen-bond acceptors (Lipinski definition) is 0. The minimum Gasteiger partial charge on any atom is -0.0541 e. The van der Waals surface area contributed by atoms with Gasteiger partial charge in [-0.25, -0.2) is 0 Å². The first kappa shape index (κ1) is 7.67. The minimum absolute atomic E-state index is 1.20. The largest absolute Gasteiger partial charge is 0.153 e. The van der Waals surface area contributed by atoms with Crippen LogP contribution in [0.15, 0.2) is 17.0 Å². The lowest BCUT2D eigenvalue weighted by atomic mass is 10.1. The molecule has 1 aromatic carbocycles. The predicted molar refractivity (Wildman–Crippen MR) is 49.1 cm³/mol. The van der Waals surface area contributed by atoms with Gasteiger partial charge in [-0.15, -0.1) is 0 Å². The summed E-state index contributed by atoms with van der Waals surface area (Å²) in [6, 6.07) is 4.22. The number of rotatable bonds is 0. The second kappa shape index (κ2) is 2.67. The van der Waals surface area contributed by atoms with Gasteiger partial charge >= 0.3 is 0 Å². The molecule has 0 aliphatic heterocycles. The fourth-order valence-electron chi connectivity index (χ4n) is 0.956. The Bertz CT molecular complexity index is 224. The summed E-state index contributed by atoms with van der Waals surface area (Å²) < 4.78 is 0. The maximum Gasteiger partial charge on any atom is 0.153 e. The van der Waals surface area contributed by atoms with Crippen LogP contribution < -0.4 is 0 Å². The second-order valence-corrected chi connectivity index (χ2v) is 3.22. The van der Waals surface area contributed by atoms with Crippen molar-refractivity contribution in [1.82, 2.24) is 0 Å².